The Morgan fingerprint density at radius 1 is 0.552 bits per heavy atom. The minimum atomic E-state index is -0.946. The molecule has 0 unspecified atom stereocenters. The third-order valence-corrected chi connectivity index (χ3v) is 4.86. The van der Waals surface area contributed by atoms with Gasteiger partial charge in [0.1, 0.15) is 0 Å². The first-order valence-electron chi connectivity index (χ1n) is 9.95. The molecule has 1 saturated heterocycles. The molecule has 0 aliphatic carbocycles. The van der Waals surface area contributed by atoms with Crippen molar-refractivity contribution in [1.29, 1.82) is 0 Å². The van der Waals surface area contributed by atoms with E-state index in [9.17, 15) is 19.5 Å². The first-order valence-corrected chi connectivity index (χ1v) is 9.95. The number of carbonyl (C=O) groups is 3. The molecule has 4 N–H and O–H groups in total. The zero-order chi connectivity index (χ0) is 21.6. The van der Waals surface area contributed by atoms with Crippen LogP contribution in [0.4, 0.5) is 0 Å². The van der Waals surface area contributed by atoms with Crippen molar-refractivity contribution in [2.45, 2.75) is 12.8 Å². The average molecular weight is 418 g/mol. The van der Waals surface area contributed by atoms with Gasteiger partial charge in [0.05, 0.1) is 26.2 Å². The van der Waals surface area contributed by atoms with Gasteiger partial charge in [0.15, 0.2) is 0 Å². The quantitative estimate of drug-likeness (QED) is 0.355. The summed E-state index contributed by atoms with van der Waals surface area (Å²) in [4.78, 5) is 40.9. The van der Waals surface area contributed by atoms with Crippen LogP contribution in [0.2, 0.25) is 0 Å². The molecule has 0 spiro atoms. The number of rotatable bonds is 8. The maximum Gasteiger partial charge on any atom is 0.317 e. The normalized spacial score (nSPS) is 20.2. The fourth-order valence-corrected chi connectivity index (χ4v) is 3.46. The van der Waals surface area contributed by atoms with Gasteiger partial charge in [-0.2, -0.15) is 0 Å². The molecule has 0 saturated carbocycles. The molecular formula is C18H34N4O7. The van der Waals surface area contributed by atoms with Gasteiger partial charge in [0.2, 0.25) is 0 Å². The highest BCUT2D eigenvalue weighted by Crippen LogP contribution is 2.03. The Labute approximate surface area is 171 Å². The SMILES string of the molecule is O=C(O)CN1CCCN(CC(=O)O)CCN(CC(=O)O)CCCN(CCO)CC1. The molecular weight excluding hydrogens is 384 g/mol. The molecule has 0 aromatic carbocycles. The standard InChI is InChI=1S/C18H34N4O7/c23-12-11-19-3-1-4-21(14-17(26)27)9-10-22(15-18(28)29)6-2-5-20(8-7-19)13-16(24)25/h23H,1-15H2,(H,24,25)(H,26,27)(H,28,29). The molecule has 1 fully saturated rings. The summed E-state index contributed by atoms with van der Waals surface area (Å²) in [5.41, 5.74) is 0. The summed E-state index contributed by atoms with van der Waals surface area (Å²) < 4.78 is 0. The van der Waals surface area contributed by atoms with E-state index in [1.165, 1.54) is 0 Å². The van der Waals surface area contributed by atoms with Crippen LogP contribution in [-0.2, 0) is 14.4 Å². The van der Waals surface area contributed by atoms with Crippen molar-refractivity contribution in [2.75, 3.05) is 85.1 Å². The van der Waals surface area contributed by atoms with E-state index in [0.29, 0.717) is 71.7 Å². The third-order valence-electron chi connectivity index (χ3n) is 4.86. The van der Waals surface area contributed by atoms with E-state index in [1.54, 1.807) is 9.80 Å². The lowest BCUT2D eigenvalue weighted by molar-refractivity contribution is -0.140. The Hall–Kier alpha value is -1.79. The predicted molar refractivity (Wildman–Crippen MR) is 105 cm³/mol. The van der Waals surface area contributed by atoms with Crippen LogP contribution < -0.4 is 0 Å². The molecule has 11 nitrogen and oxygen atoms in total. The number of carboxylic acids is 3. The van der Waals surface area contributed by atoms with E-state index in [2.05, 4.69) is 4.90 Å². The third kappa shape index (κ3) is 12.4. The van der Waals surface area contributed by atoms with Crippen LogP contribution >= 0.6 is 0 Å². The molecule has 1 heterocycles. The van der Waals surface area contributed by atoms with E-state index in [4.69, 9.17) is 15.3 Å². The molecule has 1 aliphatic rings. The smallest absolute Gasteiger partial charge is 0.317 e. The van der Waals surface area contributed by atoms with Gasteiger partial charge < -0.3 is 20.4 Å². The molecule has 0 aromatic heterocycles. The fourth-order valence-electron chi connectivity index (χ4n) is 3.46. The molecule has 0 amide bonds. The Morgan fingerprint density at radius 3 is 1.17 bits per heavy atom. The fraction of sp³-hybridized carbons (Fsp3) is 0.833. The highest BCUT2D eigenvalue weighted by Gasteiger charge is 2.18. The number of hydrogen-bond donors (Lipinski definition) is 4. The number of β-amino-alcohol motifs (C(OH)–C–C–N with tert-alkyl or cyclic N) is 1. The second kappa shape index (κ2) is 14.2. The second-order valence-corrected chi connectivity index (χ2v) is 7.28. The van der Waals surface area contributed by atoms with Crippen molar-refractivity contribution in [3.05, 3.63) is 0 Å². The first-order chi connectivity index (χ1) is 13.8. The van der Waals surface area contributed by atoms with Crippen LogP contribution in [0.25, 0.3) is 0 Å². The Balaban J connectivity index is 2.82. The van der Waals surface area contributed by atoms with Gasteiger partial charge in [-0.15, -0.1) is 0 Å². The zero-order valence-corrected chi connectivity index (χ0v) is 16.9. The van der Waals surface area contributed by atoms with Crippen LogP contribution in [0, 0.1) is 0 Å². The summed E-state index contributed by atoms with van der Waals surface area (Å²) in [6.07, 6.45) is 1.31. The van der Waals surface area contributed by atoms with Crippen LogP contribution in [-0.4, -0.2) is 143 Å². The van der Waals surface area contributed by atoms with Crippen molar-refractivity contribution in [3.8, 4) is 0 Å². The summed E-state index contributed by atoms with van der Waals surface area (Å²) in [5, 5.41) is 36.7. The number of nitrogens with zero attached hydrogens (tertiary/aromatic N) is 4. The molecule has 1 rings (SSSR count). The van der Waals surface area contributed by atoms with Crippen LogP contribution in [0.15, 0.2) is 0 Å². The lowest BCUT2D eigenvalue weighted by Gasteiger charge is -2.30. The predicted octanol–water partition coefficient (Wildman–Crippen LogP) is -1.77. The van der Waals surface area contributed by atoms with Crippen LogP contribution in [0.3, 0.4) is 0 Å². The van der Waals surface area contributed by atoms with Gasteiger partial charge in [-0.1, -0.05) is 0 Å². The first kappa shape index (κ1) is 25.2. The van der Waals surface area contributed by atoms with Crippen LogP contribution in [0.5, 0.6) is 0 Å². The highest BCUT2D eigenvalue weighted by atomic mass is 16.4. The second-order valence-electron chi connectivity index (χ2n) is 7.28. The van der Waals surface area contributed by atoms with Gasteiger partial charge in [0, 0.05) is 52.4 Å². The summed E-state index contributed by atoms with van der Waals surface area (Å²) in [5.74, 6) is -2.78. The molecule has 11 heteroatoms. The molecule has 0 aromatic rings. The maximum absolute atomic E-state index is 11.1. The van der Waals surface area contributed by atoms with Crippen molar-refractivity contribution < 1.29 is 34.8 Å². The van der Waals surface area contributed by atoms with Gasteiger partial charge >= 0.3 is 17.9 Å². The van der Waals surface area contributed by atoms with E-state index in [-0.39, 0.29) is 26.2 Å². The Kier molecular flexibility index (Phi) is 12.4. The van der Waals surface area contributed by atoms with Crippen LogP contribution in [0.1, 0.15) is 12.8 Å². The molecule has 29 heavy (non-hydrogen) atoms. The molecule has 1 aliphatic heterocycles. The summed E-state index contributed by atoms with van der Waals surface area (Å²) >= 11 is 0. The number of aliphatic hydroxyl groups is 1. The van der Waals surface area contributed by atoms with Gasteiger partial charge in [-0.25, -0.2) is 0 Å². The topological polar surface area (TPSA) is 145 Å². The molecule has 0 atom stereocenters. The Morgan fingerprint density at radius 2 is 0.862 bits per heavy atom. The monoisotopic (exact) mass is 418 g/mol. The summed E-state index contributed by atoms with van der Waals surface area (Å²) in [6, 6.07) is 0. The maximum atomic E-state index is 11.1. The largest absolute Gasteiger partial charge is 0.480 e. The Bertz CT molecular complexity index is 520. The number of aliphatic hydroxyl groups excluding tert-OH is 1. The highest BCUT2D eigenvalue weighted by molar-refractivity contribution is 5.69. The molecule has 0 radical (unpaired) electrons. The molecule has 168 valence electrons. The number of carboxylic acid groups (broad SMARTS) is 3. The number of aliphatic carboxylic acids is 3. The van der Waals surface area contributed by atoms with E-state index in [1.807, 2.05) is 4.90 Å². The zero-order valence-electron chi connectivity index (χ0n) is 16.9. The lowest BCUT2D eigenvalue weighted by atomic mass is 10.2. The minimum Gasteiger partial charge on any atom is -0.480 e. The van der Waals surface area contributed by atoms with Gasteiger partial charge in [-0.05, 0) is 19.4 Å². The van der Waals surface area contributed by atoms with Gasteiger partial charge in [0.25, 0.3) is 0 Å². The van der Waals surface area contributed by atoms with Crippen molar-refractivity contribution >= 4 is 17.9 Å². The average Bonchev–Trinajstić information content (AvgIpc) is 2.61. The number of hydrogen-bond acceptors (Lipinski definition) is 8. The van der Waals surface area contributed by atoms with E-state index in [0.717, 1.165) is 0 Å². The van der Waals surface area contributed by atoms with Crippen molar-refractivity contribution in [1.82, 2.24) is 19.6 Å². The summed E-state index contributed by atoms with van der Waals surface area (Å²) in [6.45, 7) is 4.39. The van der Waals surface area contributed by atoms with Gasteiger partial charge in [-0.3, -0.25) is 34.0 Å². The minimum absolute atomic E-state index is 0.00190. The summed E-state index contributed by atoms with van der Waals surface area (Å²) in [7, 11) is 0. The lowest BCUT2D eigenvalue weighted by Crippen LogP contribution is -2.44. The van der Waals surface area contributed by atoms with Crippen molar-refractivity contribution in [3.63, 3.8) is 0 Å². The van der Waals surface area contributed by atoms with Crippen molar-refractivity contribution in [2.24, 2.45) is 0 Å². The van der Waals surface area contributed by atoms with E-state index >= 15 is 0 Å². The van der Waals surface area contributed by atoms with E-state index < -0.39 is 17.9 Å². The molecule has 0 bridgehead atoms.